The minimum absolute atomic E-state index is 0.245. The Morgan fingerprint density at radius 2 is 2.07 bits per heavy atom. The summed E-state index contributed by atoms with van der Waals surface area (Å²) in [6.07, 6.45) is 0. The Bertz CT molecular complexity index is 470. The molecule has 72 valence electrons. The summed E-state index contributed by atoms with van der Waals surface area (Å²) in [5, 5.41) is 3.58. The van der Waals surface area contributed by atoms with Gasteiger partial charge in [-0.1, -0.05) is 17.3 Å². The summed E-state index contributed by atoms with van der Waals surface area (Å²) in [6, 6.07) is 6.22. The van der Waals surface area contributed by atoms with Crippen LogP contribution >= 0.6 is 15.9 Å². The number of rotatable bonds is 1. The summed E-state index contributed by atoms with van der Waals surface area (Å²) >= 11 is 3.09. The van der Waals surface area contributed by atoms with Crippen molar-refractivity contribution in [1.29, 1.82) is 0 Å². The minimum atomic E-state index is -0.386. The summed E-state index contributed by atoms with van der Waals surface area (Å²) in [6.45, 7) is 0. The Hall–Kier alpha value is -1.36. The topological polar surface area (TPSA) is 52.0 Å². The summed E-state index contributed by atoms with van der Waals surface area (Å²) < 4.78 is 18.6. The van der Waals surface area contributed by atoms with E-state index in [1.165, 1.54) is 6.07 Å². The summed E-state index contributed by atoms with van der Waals surface area (Å²) in [5.74, 6) is -0.141. The first kappa shape index (κ1) is 9.21. The van der Waals surface area contributed by atoms with Crippen LogP contribution in [0.3, 0.4) is 0 Å². The van der Waals surface area contributed by atoms with E-state index in [1.54, 1.807) is 18.2 Å². The zero-order valence-corrected chi connectivity index (χ0v) is 8.58. The van der Waals surface area contributed by atoms with Crippen LogP contribution in [-0.4, -0.2) is 5.16 Å². The molecule has 0 saturated heterocycles. The van der Waals surface area contributed by atoms with Crippen molar-refractivity contribution in [2.45, 2.75) is 0 Å². The van der Waals surface area contributed by atoms with E-state index in [2.05, 4.69) is 21.1 Å². The van der Waals surface area contributed by atoms with Gasteiger partial charge in [0.2, 0.25) is 0 Å². The third kappa shape index (κ3) is 1.39. The number of nitrogens with two attached hydrogens (primary N) is 1. The number of benzene rings is 1. The van der Waals surface area contributed by atoms with Crippen LogP contribution in [0.1, 0.15) is 0 Å². The number of nitrogens with zero attached hydrogens (tertiary/aromatic N) is 1. The second kappa shape index (κ2) is 3.42. The van der Waals surface area contributed by atoms with Gasteiger partial charge >= 0.3 is 0 Å². The molecule has 2 aromatic rings. The molecule has 0 unspecified atom stereocenters. The molecule has 0 fully saturated rings. The first-order valence-electron chi connectivity index (χ1n) is 3.85. The number of aromatic nitrogens is 1. The Labute approximate surface area is 87.8 Å². The molecule has 0 radical (unpaired) electrons. The Morgan fingerprint density at radius 1 is 1.36 bits per heavy atom. The van der Waals surface area contributed by atoms with E-state index in [4.69, 9.17) is 10.3 Å². The van der Waals surface area contributed by atoms with Gasteiger partial charge in [0.1, 0.15) is 11.5 Å². The van der Waals surface area contributed by atoms with Crippen LogP contribution in [0.2, 0.25) is 0 Å². The van der Waals surface area contributed by atoms with Crippen molar-refractivity contribution in [2.75, 3.05) is 5.73 Å². The average Bonchev–Trinajstić information content (AvgIpc) is 2.49. The van der Waals surface area contributed by atoms with Crippen LogP contribution in [0, 0.1) is 5.82 Å². The zero-order chi connectivity index (χ0) is 10.1. The predicted octanol–water partition coefficient (Wildman–Crippen LogP) is 2.83. The summed E-state index contributed by atoms with van der Waals surface area (Å²) in [4.78, 5) is 0. The highest BCUT2D eigenvalue weighted by molar-refractivity contribution is 9.10. The van der Waals surface area contributed by atoms with Gasteiger partial charge in [0.05, 0.1) is 5.56 Å². The number of anilines is 1. The van der Waals surface area contributed by atoms with Crippen LogP contribution in [0.25, 0.3) is 11.3 Å². The first-order valence-corrected chi connectivity index (χ1v) is 4.65. The van der Waals surface area contributed by atoms with Crippen molar-refractivity contribution in [3.05, 3.63) is 34.7 Å². The molecule has 0 saturated carbocycles. The van der Waals surface area contributed by atoms with E-state index in [9.17, 15) is 4.39 Å². The SMILES string of the molecule is Nc1c(Br)noc1-c1ccccc1F. The fourth-order valence-electron chi connectivity index (χ4n) is 1.12. The standard InChI is InChI=1S/C9H6BrFN2O/c10-9-7(12)8(14-13-9)5-3-1-2-4-6(5)11/h1-4H,12H2. The Morgan fingerprint density at radius 3 is 2.64 bits per heavy atom. The highest BCUT2D eigenvalue weighted by Gasteiger charge is 2.15. The third-order valence-electron chi connectivity index (χ3n) is 1.80. The van der Waals surface area contributed by atoms with Crippen LogP contribution in [0.5, 0.6) is 0 Å². The number of halogens is 2. The second-order valence-corrected chi connectivity index (χ2v) is 3.45. The molecular weight excluding hydrogens is 251 g/mol. The molecule has 1 aromatic heterocycles. The zero-order valence-electron chi connectivity index (χ0n) is 7.00. The van der Waals surface area contributed by atoms with Crippen molar-refractivity contribution in [3.63, 3.8) is 0 Å². The molecule has 0 amide bonds. The minimum Gasteiger partial charge on any atom is -0.393 e. The quantitative estimate of drug-likeness (QED) is 0.854. The highest BCUT2D eigenvalue weighted by atomic mass is 79.9. The van der Waals surface area contributed by atoms with Crippen LogP contribution in [0.15, 0.2) is 33.4 Å². The molecule has 2 N–H and O–H groups in total. The lowest BCUT2D eigenvalue weighted by atomic mass is 10.1. The maximum absolute atomic E-state index is 13.3. The van der Waals surface area contributed by atoms with Gasteiger partial charge in [-0.2, -0.15) is 0 Å². The van der Waals surface area contributed by atoms with Crippen molar-refractivity contribution < 1.29 is 8.91 Å². The van der Waals surface area contributed by atoms with Gasteiger partial charge in [-0.25, -0.2) is 4.39 Å². The Kier molecular flexibility index (Phi) is 2.25. The lowest BCUT2D eigenvalue weighted by Gasteiger charge is -1.97. The fourth-order valence-corrected chi connectivity index (χ4v) is 1.37. The molecule has 2 rings (SSSR count). The van der Waals surface area contributed by atoms with Gasteiger partial charge in [0.15, 0.2) is 10.4 Å². The van der Waals surface area contributed by atoms with Crippen molar-refractivity contribution >= 4 is 21.6 Å². The summed E-state index contributed by atoms with van der Waals surface area (Å²) in [5.41, 5.74) is 6.24. The lowest BCUT2D eigenvalue weighted by Crippen LogP contribution is -1.88. The largest absolute Gasteiger partial charge is 0.393 e. The molecule has 1 heterocycles. The fraction of sp³-hybridized carbons (Fsp3) is 0. The summed E-state index contributed by atoms with van der Waals surface area (Å²) in [7, 11) is 0. The van der Waals surface area contributed by atoms with E-state index < -0.39 is 0 Å². The monoisotopic (exact) mass is 256 g/mol. The smallest absolute Gasteiger partial charge is 0.193 e. The molecule has 0 aliphatic carbocycles. The first-order chi connectivity index (χ1) is 6.70. The third-order valence-corrected chi connectivity index (χ3v) is 2.37. The van der Waals surface area contributed by atoms with Gasteiger partial charge in [-0.15, -0.1) is 0 Å². The van der Waals surface area contributed by atoms with Gasteiger partial charge in [0, 0.05) is 0 Å². The second-order valence-electron chi connectivity index (χ2n) is 2.70. The van der Waals surface area contributed by atoms with Gasteiger partial charge < -0.3 is 10.3 Å². The van der Waals surface area contributed by atoms with E-state index >= 15 is 0 Å². The normalized spacial score (nSPS) is 10.4. The molecule has 0 aliphatic heterocycles. The molecule has 3 nitrogen and oxygen atoms in total. The van der Waals surface area contributed by atoms with Crippen molar-refractivity contribution in [2.24, 2.45) is 0 Å². The predicted molar refractivity (Wildman–Crippen MR) is 54.0 cm³/mol. The van der Waals surface area contributed by atoms with Gasteiger partial charge in [-0.05, 0) is 28.1 Å². The molecule has 1 aromatic carbocycles. The van der Waals surface area contributed by atoms with Crippen LogP contribution in [0.4, 0.5) is 10.1 Å². The number of hydrogen-bond acceptors (Lipinski definition) is 3. The number of hydrogen-bond donors (Lipinski definition) is 1. The van der Waals surface area contributed by atoms with Crippen molar-refractivity contribution in [1.82, 2.24) is 5.16 Å². The molecule has 0 bridgehead atoms. The Balaban J connectivity index is 2.60. The molecule has 5 heteroatoms. The van der Waals surface area contributed by atoms with E-state index in [0.717, 1.165) is 0 Å². The highest BCUT2D eigenvalue weighted by Crippen LogP contribution is 2.32. The average molecular weight is 257 g/mol. The van der Waals surface area contributed by atoms with Gasteiger partial charge in [0.25, 0.3) is 0 Å². The van der Waals surface area contributed by atoms with E-state index in [-0.39, 0.29) is 11.6 Å². The van der Waals surface area contributed by atoms with Crippen LogP contribution in [-0.2, 0) is 0 Å². The van der Waals surface area contributed by atoms with E-state index in [1.807, 2.05) is 0 Å². The number of nitrogen functional groups attached to an aromatic ring is 1. The maximum Gasteiger partial charge on any atom is 0.193 e. The molecule has 0 atom stereocenters. The molecule has 14 heavy (non-hydrogen) atoms. The van der Waals surface area contributed by atoms with Crippen molar-refractivity contribution in [3.8, 4) is 11.3 Å². The van der Waals surface area contributed by atoms with Crippen LogP contribution < -0.4 is 5.73 Å². The molecule has 0 aliphatic rings. The lowest BCUT2D eigenvalue weighted by molar-refractivity contribution is 0.426. The molecule has 0 spiro atoms. The molecular formula is C9H6BrFN2O. The van der Waals surface area contributed by atoms with Gasteiger partial charge in [-0.3, -0.25) is 0 Å². The van der Waals surface area contributed by atoms with E-state index in [0.29, 0.717) is 15.9 Å². The maximum atomic E-state index is 13.3.